The van der Waals surface area contributed by atoms with Gasteiger partial charge < -0.3 is 15.3 Å². The van der Waals surface area contributed by atoms with Crippen molar-refractivity contribution in [1.82, 2.24) is 15.5 Å². The number of halogens is 1. The van der Waals surface area contributed by atoms with E-state index < -0.39 is 12.1 Å². The third-order valence-corrected chi connectivity index (χ3v) is 4.79. The van der Waals surface area contributed by atoms with Gasteiger partial charge >= 0.3 is 0 Å². The molecule has 1 aromatic heterocycles. The summed E-state index contributed by atoms with van der Waals surface area (Å²) in [6.07, 6.45) is -0.625. The van der Waals surface area contributed by atoms with Gasteiger partial charge in [0.25, 0.3) is 0 Å². The molecular formula is C20H25FN4O2. The molecular weight excluding hydrogens is 347 g/mol. The van der Waals surface area contributed by atoms with Gasteiger partial charge in [-0.15, -0.1) is 5.10 Å². The lowest BCUT2D eigenvalue weighted by molar-refractivity contribution is -0.121. The number of hydrogen-bond donors (Lipinski definition) is 2. The number of aryl methyl sites for hydroxylation is 1. The van der Waals surface area contributed by atoms with E-state index in [-0.39, 0.29) is 24.1 Å². The second-order valence-electron chi connectivity index (χ2n) is 7.37. The molecule has 1 saturated heterocycles. The summed E-state index contributed by atoms with van der Waals surface area (Å²) in [5.74, 6) is 0.230. The highest BCUT2D eigenvalue weighted by molar-refractivity contribution is 5.79. The number of aliphatic hydroxyl groups is 1. The van der Waals surface area contributed by atoms with Gasteiger partial charge in [0.05, 0.1) is 24.3 Å². The maximum Gasteiger partial charge on any atom is 0.224 e. The van der Waals surface area contributed by atoms with Crippen molar-refractivity contribution >= 4 is 11.7 Å². The number of benzene rings is 1. The van der Waals surface area contributed by atoms with Crippen LogP contribution in [0.15, 0.2) is 30.3 Å². The monoisotopic (exact) mass is 372 g/mol. The molecule has 1 amide bonds. The Bertz CT molecular complexity index is 810. The number of hydrogen-bond acceptors (Lipinski definition) is 5. The fourth-order valence-electron chi connectivity index (χ4n) is 3.27. The van der Waals surface area contributed by atoms with E-state index in [1.54, 1.807) is 12.1 Å². The fourth-order valence-corrected chi connectivity index (χ4v) is 3.27. The van der Waals surface area contributed by atoms with Crippen LogP contribution in [0.5, 0.6) is 0 Å². The van der Waals surface area contributed by atoms with Crippen molar-refractivity contribution in [3.63, 3.8) is 0 Å². The Morgan fingerprint density at radius 2 is 2.07 bits per heavy atom. The molecule has 1 fully saturated rings. The minimum atomic E-state index is -0.697. The van der Waals surface area contributed by atoms with Crippen LogP contribution in [0.1, 0.15) is 36.6 Å². The summed E-state index contributed by atoms with van der Waals surface area (Å²) in [6, 6.07) is 8.21. The summed E-state index contributed by atoms with van der Waals surface area (Å²) in [5, 5.41) is 21.3. The SMILES string of the molecule is Cc1ccc(N2C[C@H](NC(=O)Cc3ccc(C(C)C)c(F)c3)[C@@H](O)C2)nn1. The second-order valence-corrected chi connectivity index (χ2v) is 7.37. The lowest BCUT2D eigenvalue weighted by Crippen LogP contribution is -2.43. The van der Waals surface area contributed by atoms with E-state index in [0.29, 0.717) is 30.0 Å². The van der Waals surface area contributed by atoms with Crippen molar-refractivity contribution in [3.8, 4) is 0 Å². The van der Waals surface area contributed by atoms with Gasteiger partial charge in [-0.05, 0) is 42.2 Å². The van der Waals surface area contributed by atoms with Crippen molar-refractivity contribution in [2.45, 2.75) is 45.3 Å². The molecule has 2 N–H and O–H groups in total. The maximum absolute atomic E-state index is 14.1. The Labute approximate surface area is 158 Å². The van der Waals surface area contributed by atoms with E-state index >= 15 is 0 Å². The average molecular weight is 372 g/mol. The molecule has 0 aliphatic carbocycles. The molecule has 27 heavy (non-hydrogen) atoms. The third kappa shape index (κ3) is 4.60. The molecule has 144 valence electrons. The predicted molar refractivity (Wildman–Crippen MR) is 101 cm³/mol. The zero-order valence-electron chi connectivity index (χ0n) is 15.8. The van der Waals surface area contributed by atoms with Crippen LogP contribution >= 0.6 is 0 Å². The summed E-state index contributed by atoms with van der Waals surface area (Å²) in [6.45, 7) is 6.54. The molecule has 0 saturated carbocycles. The van der Waals surface area contributed by atoms with Crippen LogP contribution in [0.2, 0.25) is 0 Å². The molecule has 6 nitrogen and oxygen atoms in total. The van der Waals surface area contributed by atoms with Crippen molar-refractivity contribution < 1.29 is 14.3 Å². The zero-order chi connectivity index (χ0) is 19.6. The van der Waals surface area contributed by atoms with Gasteiger partial charge in [0, 0.05) is 13.1 Å². The van der Waals surface area contributed by atoms with Gasteiger partial charge in [0.15, 0.2) is 5.82 Å². The highest BCUT2D eigenvalue weighted by Gasteiger charge is 2.33. The Balaban J connectivity index is 1.59. The van der Waals surface area contributed by atoms with E-state index in [4.69, 9.17) is 0 Å². The van der Waals surface area contributed by atoms with E-state index in [0.717, 1.165) is 5.69 Å². The number of nitrogens with one attached hydrogen (secondary N) is 1. The lowest BCUT2D eigenvalue weighted by atomic mass is 10.00. The molecule has 0 unspecified atom stereocenters. The topological polar surface area (TPSA) is 78.4 Å². The molecule has 0 spiro atoms. The largest absolute Gasteiger partial charge is 0.389 e. The molecule has 7 heteroatoms. The first kappa shape index (κ1) is 19.2. The van der Waals surface area contributed by atoms with Crippen molar-refractivity contribution in [1.29, 1.82) is 0 Å². The Kier molecular flexibility index (Phi) is 5.70. The van der Waals surface area contributed by atoms with Gasteiger partial charge in [-0.25, -0.2) is 4.39 Å². The predicted octanol–water partition coefficient (Wildman–Crippen LogP) is 1.96. The first-order chi connectivity index (χ1) is 12.8. The van der Waals surface area contributed by atoms with Crippen molar-refractivity contribution in [3.05, 3.63) is 53.0 Å². The highest BCUT2D eigenvalue weighted by atomic mass is 19.1. The van der Waals surface area contributed by atoms with E-state index in [9.17, 15) is 14.3 Å². The molecule has 0 bridgehead atoms. The summed E-state index contributed by atoms with van der Waals surface area (Å²) < 4.78 is 14.1. The molecule has 2 heterocycles. The molecule has 2 atom stereocenters. The van der Waals surface area contributed by atoms with Gasteiger partial charge in [0.1, 0.15) is 5.82 Å². The number of amides is 1. The lowest BCUT2D eigenvalue weighted by Gasteiger charge is -2.17. The van der Waals surface area contributed by atoms with Crippen LogP contribution in [0, 0.1) is 12.7 Å². The maximum atomic E-state index is 14.1. The minimum absolute atomic E-state index is 0.0723. The number of rotatable bonds is 5. The molecule has 3 rings (SSSR count). The van der Waals surface area contributed by atoms with Crippen molar-refractivity contribution in [2.75, 3.05) is 18.0 Å². The summed E-state index contributed by atoms with van der Waals surface area (Å²) in [5.41, 5.74) is 2.07. The number of carbonyl (C=O) groups is 1. The second kappa shape index (κ2) is 8.00. The first-order valence-electron chi connectivity index (χ1n) is 9.14. The Hall–Kier alpha value is -2.54. The van der Waals surface area contributed by atoms with Crippen LogP contribution in [0.4, 0.5) is 10.2 Å². The summed E-state index contributed by atoms with van der Waals surface area (Å²) >= 11 is 0. The summed E-state index contributed by atoms with van der Waals surface area (Å²) in [4.78, 5) is 14.2. The third-order valence-electron chi connectivity index (χ3n) is 4.79. The molecule has 2 aromatic rings. The Morgan fingerprint density at radius 1 is 1.30 bits per heavy atom. The summed E-state index contributed by atoms with van der Waals surface area (Å²) in [7, 11) is 0. The van der Waals surface area contributed by atoms with Gasteiger partial charge in [-0.1, -0.05) is 26.0 Å². The number of carbonyl (C=O) groups excluding carboxylic acids is 1. The van der Waals surface area contributed by atoms with Crippen LogP contribution in [-0.4, -0.2) is 46.4 Å². The number of β-amino-alcohol motifs (C(OH)–C–C–N with tert-alkyl or cyclic N) is 1. The first-order valence-corrected chi connectivity index (χ1v) is 9.14. The fraction of sp³-hybridized carbons (Fsp3) is 0.450. The number of nitrogens with zero attached hydrogens (tertiary/aromatic N) is 3. The Morgan fingerprint density at radius 3 is 2.70 bits per heavy atom. The zero-order valence-corrected chi connectivity index (χ0v) is 15.8. The van der Waals surface area contributed by atoms with Crippen LogP contribution in [0.25, 0.3) is 0 Å². The molecule has 0 radical (unpaired) electrons. The molecule has 1 aliphatic rings. The molecule has 1 aliphatic heterocycles. The number of anilines is 1. The van der Waals surface area contributed by atoms with Gasteiger partial charge in [-0.3, -0.25) is 4.79 Å². The van der Waals surface area contributed by atoms with Gasteiger partial charge in [-0.2, -0.15) is 5.10 Å². The van der Waals surface area contributed by atoms with Crippen LogP contribution in [0.3, 0.4) is 0 Å². The van der Waals surface area contributed by atoms with E-state index in [1.165, 1.54) is 6.07 Å². The van der Waals surface area contributed by atoms with E-state index in [2.05, 4.69) is 15.5 Å². The van der Waals surface area contributed by atoms with Crippen LogP contribution in [-0.2, 0) is 11.2 Å². The smallest absolute Gasteiger partial charge is 0.224 e. The highest BCUT2D eigenvalue weighted by Crippen LogP contribution is 2.20. The normalized spacial score (nSPS) is 19.6. The van der Waals surface area contributed by atoms with Crippen LogP contribution < -0.4 is 10.2 Å². The quantitative estimate of drug-likeness (QED) is 0.839. The minimum Gasteiger partial charge on any atom is -0.389 e. The van der Waals surface area contributed by atoms with Gasteiger partial charge in [0.2, 0.25) is 5.91 Å². The van der Waals surface area contributed by atoms with E-state index in [1.807, 2.05) is 37.8 Å². The molecule has 1 aromatic carbocycles. The van der Waals surface area contributed by atoms with Crippen molar-refractivity contribution in [2.24, 2.45) is 0 Å². The average Bonchev–Trinajstić information content (AvgIpc) is 2.95. The standard InChI is InChI=1S/C20H25FN4O2/c1-12(2)15-6-5-14(8-16(15)21)9-20(27)22-17-10-25(11-18(17)26)19-7-4-13(3)23-24-19/h4-8,12,17-18,26H,9-11H2,1-3H3,(H,22,27)/t17-,18-/m0/s1. The number of aromatic nitrogens is 2. The number of aliphatic hydroxyl groups excluding tert-OH is 1.